The Morgan fingerprint density at radius 2 is 1.80 bits per heavy atom. The summed E-state index contributed by atoms with van der Waals surface area (Å²) in [6.07, 6.45) is -1.10. The minimum absolute atomic E-state index is 0.00790. The zero-order chi connectivity index (χ0) is 14.8. The van der Waals surface area contributed by atoms with E-state index >= 15 is 0 Å². The van der Waals surface area contributed by atoms with E-state index in [1.54, 1.807) is 0 Å². The molecule has 1 aliphatic carbocycles. The summed E-state index contributed by atoms with van der Waals surface area (Å²) in [5, 5.41) is 0. The molecule has 0 heterocycles. The monoisotopic (exact) mass is 282 g/mol. The number of halogens is 3. The molecule has 0 radical (unpaired) electrons. The fourth-order valence-electron chi connectivity index (χ4n) is 1.90. The van der Waals surface area contributed by atoms with Crippen molar-refractivity contribution in [3.63, 3.8) is 0 Å². The van der Waals surface area contributed by atoms with Gasteiger partial charge in [0, 0.05) is 24.5 Å². The van der Waals surface area contributed by atoms with Gasteiger partial charge in [-0.25, -0.2) is 0 Å². The van der Waals surface area contributed by atoms with E-state index in [1.807, 2.05) is 0 Å². The van der Waals surface area contributed by atoms with Crippen LogP contribution < -0.4 is 0 Å². The van der Waals surface area contributed by atoms with Crippen LogP contribution in [0.25, 0.3) is 5.76 Å². The topological polar surface area (TPSA) is 26.3 Å². The van der Waals surface area contributed by atoms with Gasteiger partial charge >= 0.3 is 6.18 Å². The minimum Gasteiger partial charge on any atom is -0.462 e. The molecule has 1 aliphatic rings. The first-order valence-electron chi connectivity index (χ1n) is 6.14. The lowest BCUT2D eigenvalue weighted by Gasteiger charge is -2.15. The van der Waals surface area contributed by atoms with Gasteiger partial charge in [-0.1, -0.05) is 18.7 Å². The third-order valence-electron chi connectivity index (χ3n) is 2.96. The van der Waals surface area contributed by atoms with Crippen LogP contribution in [0.15, 0.2) is 42.7 Å². The molecule has 0 saturated carbocycles. The van der Waals surface area contributed by atoms with Crippen LogP contribution in [0.3, 0.4) is 0 Å². The third-order valence-corrected chi connectivity index (χ3v) is 2.96. The SMILES string of the molecule is C=C(OC1=CC(=O)CCC1)c1ccc(C(F)(F)F)cc1. The second-order valence-electron chi connectivity index (χ2n) is 4.53. The van der Waals surface area contributed by atoms with Crippen molar-refractivity contribution in [3.05, 3.63) is 53.8 Å². The van der Waals surface area contributed by atoms with Crippen molar-refractivity contribution in [1.82, 2.24) is 0 Å². The predicted molar refractivity (Wildman–Crippen MR) is 68.5 cm³/mol. The summed E-state index contributed by atoms with van der Waals surface area (Å²) in [5.74, 6) is 0.734. The van der Waals surface area contributed by atoms with Gasteiger partial charge in [0.2, 0.25) is 0 Å². The number of ether oxygens (including phenoxy) is 1. The van der Waals surface area contributed by atoms with Crippen LogP contribution in [0.2, 0.25) is 0 Å². The number of benzene rings is 1. The number of allylic oxidation sites excluding steroid dienone is 2. The number of hydrogen-bond donors (Lipinski definition) is 0. The van der Waals surface area contributed by atoms with E-state index in [0.29, 0.717) is 30.6 Å². The molecular weight excluding hydrogens is 269 g/mol. The van der Waals surface area contributed by atoms with E-state index < -0.39 is 11.7 Å². The smallest absolute Gasteiger partial charge is 0.416 e. The largest absolute Gasteiger partial charge is 0.462 e. The first kappa shape index (κ1) is 14.4. The molecule has 0 saturated heterocycles. The number of rotatable bonds is 3. The van der Waals surface area contributed by atoms with Crippen molar-refractivity contribution < 1.29 is 22.7 Å². The number of carbonyl (C=O) groups excluding carboxylic acids is 1. The highest BCUT2D eigenvalue weighted by Crippen LogP contribution is 2.30. The normalized spacial score (nSPS) is 15.8. The molecule has 0 N–H and O–H groups in total. The van der Waals surface area contributed by atoms with E-state index in [4.69, 9.17) is 4.74 Å². The molecule has 0 aromatic heterocycles. The van der Waals surface area contributed by atoms with Crippen molar-refractivity contribution in [2.24, 2.45) is 0 Å². The Hall–Kier alpha value is -2.04. The Morgan fingerprint density at radius 1 is 1.15 bits per heavy atom. The molecular formula is C15H13F3O2. The van der Waals surface area contributed by atoms with Crippen molar-refractivity contribution in [3.8, 4) is 0 Å². The van der Waals surface area contributed by atoms with Gasteiger partial charge in [0.1, 0.15) is 11.5 Å². The maximum absolute atomic E-state index is 12.4. The Labute approximate surface area is 114 Å². The lowest BCUT2D eigenvalue weighted by molar-refractivity contribution is -0.137. The summed E-state index contributed by atoms with van der Waals surface area (Å²) < 4.78 is 42.7. The summed E-state index contributed by atoms with van der Waals surface area (Å²) in [5.41, 5.74) is -0.266. The fourth-order valence-corrected chi connectivity index (χ4v) is 1.90. The highest BCUT2D eigenvalue weighted by atomic mass is 19.4. The molecule has 2 nitrogen and oxygen atoms in total. The third kappa shape index (κ3) is 3.50. The van der Waals surface area contributed by atoms with Crippen molar-refractivity contribution in [2.45, 2.75) is 25.4 Å². The predicted octanol–water partition coefficient (Wildman–Crippen LogP) is 4.33. The molecule has 20 heavy (non-hydrogen) atoms. The van der Waals surface area contributed by atoms with E-state index in [9.17, 15) is 18.0 Å². The van der Waals surface area contributed by atoms with Crippen LogP contribution in [0.4, 0.5) is 13.2 Å². The molecule has 0 aliphatic heterocycles. The summed E-state index contributed by atoms with van der Waals surface area (Å²) in [4.78, 5) is 11.2. The number of alkyl halides is 3. The average Bonchev–Trinajstić information content (AvgIpc) is 2.38. The second kappa shape index (κ2) is 5.53. The Balaban J connectivity index is 2.08. The van der Waals surface area contributed by atoms with Gasteiger partial charge in [-0.2, -0.15) is 13.2 Å². The highest BCUT2D eigenvalue weighted by Gasteiger charge is 2.30. The highest BCUT2D eigenvalue weighted by molar-refractivity contribution is 5.90. The second-order valence-corrected chi connectivity index (χ2v) is 4.53. The van der Waals surface area contributed by atoms with Crippen molar-refractivity contribution >= 4 is 11.5 Å². The standard InChI is InChI=1S/C15H13F3O2/c1-10(20-14-4-2-3-13(19)9-14)11-5-7-12(8-6-11)15(16,17)18/h5-9H,1-4H2. The molecule has 106 valence electrons. The van der Waals surface area contributed by atoms with Gasteiger partial charge < -0.3 is 4.74 Å². The lowest BCUT2D eigenvalue weighted by atomic mass is 10.0. The van der Waals surface area contributed by atoms with E-state index in [0.717, 1.165) is 12.1 Å². The van der Waals surface area contributed by atoms with Crippen LogP contribution in [0.1, 0.15) is 30.4 Å². The molecule has 0 amide bonds. The summed E-state index contributed by atoms with van der Waals surface area (Å²) >= 11 is 0. The van der Waals surface area contributed by atoms with Gasteiger partial charge in [-0.3, -0.25) is 4.79 Å². The van der Waals surface area contributed by atoms with Gasteiger partial charge in [0.25, 0.3) is 0 Å². The first-order chi connectivity index (χ1) is 9.36. The Kier molecular flexibility index (Phi) is 3.97. The average molecular weight is 282 g/mol. The van der Waals surface area contributed by atoms with Crippen LogP contribution in [0, 0.1) is 0 Å². The number of ketones is 1. The van der Waals surface area contributed by atoms with Crippen LogP contribution in [-0.4, -0.2) is 5.78 Å². The zero-order valence-electron chi connectivity index (χ0n) is 10.7. The van der Waals surface area contributed by atoms with Gasteiger partial charge in [0.15, 0.2) is 5.78 Å². The fraction of sp³-hybridized carbons (Fsp3) is 0.267. The van der Waals surface area contributed by atoms with E-state index in [-0.39, 0.29) is 11.5 Å². The van der Waals surface area contributed by atoms with Gasteiger partial charge in [-0.05, 0) is 18.6 Å². The molecule has 5 heteroatoms. The van der Waals surface area contributed by atoms with Crippen LogP contribution in [0.5, 0.6) is 0 Å². The molecule has 0 unspecified atom stereocenters. The van der Waals surface area contributed by atoms with Crippen molar-refractivity contribution in [1.29, 1.82) is 0 Å². The van der Waals surface area contributed by atoms with Gasteiger partial charge in [-0.15, -0.1) is 0 Å². The molecule has 0 atom stereocenters. The molecule has 0 spiro atoms. The zero-order valence-corrected chi connectivity index (χ0v) is 10.7. The number of hydrogen-bond acceptors (Lipinski definition) is 2. The van der Waals surface area contributed by atoms with Crippen LogP contribution >= 0.6 is 0 Å². The Bertz CT molecular complexity index is 553. The molecule has 0 bridgehead atoms. The maximum atomic E-state index is 12.4. The number of carbonyl (C=O) groups is 1. The van der Waals surface area contributed by atoms with Crippen LogP contribution in [-0.2, 0) is 15.7 Å². The molecule has 2 rings (SSSR count). The van der Waals surface area contributed by atoms with E-state index in [2.05, 4.69) is 6.58 Å². The van der Waals surface area contributed by atoms with Gasteiger partial charge in [0.05, 0.1) is 5.56 Å². The quantitative estimate of drug-likeness (QED) is 0.771. The van der Waals surface area contributed by atoms with Crippen molar-refractivity contribution in [2.75, 3.05) is 0 Å². The summed E-state index contributed by atoms with van der Waals surface area (Å²) in [7, 11) is 0. The molecule has 1 aromatic rings. The van der Waals surface area contributed by atoms with E-state index in [1.165, 1.54) is 18.2 Å². The summed E-state index contributed by atoms with van der Waals surface area (Å²) in [6, 6.07) is 4.56. The molecule has 0 fully saturated rings. The molecule has 1 aromatic carbocycles. The first-order valence-corrected chi connectivity index (χ1v) is 6.14. The minimum atomic E-state index is -4.36. The Morgan fingerprint density at radius 3 is 2.35 bits per heavy atom. The maximum Gasteiger partial charge on any atom is 0.416 e. The lowest BCUT2D eigenvalue weighted by Crippen LogP contribution is -2.06. The summed E-state index contributed by atoms with van der Waals surface area (Å²) in [6.45, 7) is 3.68.